The van der Waals surface area contributed by atoms with Crippen LogP contribution in [0.5, 0.6) is 0 Å². The van der Waals surface area contributed by atoms with Crippen molar-refractivity contribution in [2.24, 2.45) is 10.2 Å². The highest BCUT2D eigenvalue weighted by Crippen LogP contribution is 2.36. The normalized spacial score (nSPS) is 17.5. The lowest BCUT2D eigenvalue weighted by molar-refractivity contribution is 0.0915. The van der Waals surface area contributed by atoms with E-state index < -0.39 is 5.37 Å². The minimum Gasteiger partial charge on any atom is -0.270 e. The maximum Gasteiger partial charge on any atom is 0.270 e. The van der Waals surface area contributed by atoms with Crippen LogP contribution < -0.4 is 0 Å². The van der Waals surface area contributed by atoms with Gasteiger partial charge in [-0.1, -0.05) is 24.3 Å². The van der Waals surface area contributed by atoms with E-state index >= 15 is 0 Å². The molecule has 0 amide bonds. The molecule has 0 radical (unpaired) electrons. The Morgan fingerprint density at radius 1 is 1.18 bits per heavy atom. The molecule has 4 rings (SSSR count). The molecule has 3 aromatic rings. The number of fused-ring (bicyclic) bond motifs is 3. The molecule has 0 saturated carbocycles. The van der Waals surface area contributed by atoms with Crippen molar-refractivity contribution >= 4 is 34.4 Å². The highest BCUT2D eigenvalue weighted by atomic mass is 32.2. The summed E-state index contributed by atoms with van der Waals surface area (Å²) in [4.78, 5) is 17.0. The number of aryl methyl sites for hydroxylation is 1. The fourth-order valence-corrected chi connectivity index (χ4v) is 3.38. The number of carbonyl (C=O) groups is 1. The van der Waals surface area contributed by atoms with Gasteiger partial charge in [0.2, 0.25) is 5.37 Å². The van der Waals surface area contributed by atoms with E-state index in [1.54, 1.807) is 4.57 Å². The van der Waals surface area contributed by atoms with Crippen molar-refractivity contribution in [1.82, 2.24) is 9.55 Å². The van der Waals surface area contributed by atoms with Crippen molar-refractivity contribution in [3.63, 3.8) is 0 Å². The average Bonchev–Trinajstić information content (AvgIpc) is 3.02. The van der Waals surface area contributed by atoms with Crippen molar-refractivity contribution in [2.75, 3.05) is 0 Å². The summed E-state index contributed by atoms with van der Waals surface area (Å²) in [5, 5.41) is 8.49. The van der Waals surface area contributed by atoms with Gasteiger partial charge < -0.3 is 0 Å². The lowest BCUT2D eigenvalue weighted by Crippen LogP contribution is -2.14. The summed E-state index contributed by atoms with van der Waals surface area (Å²) in [6.07, 6.45) is 0. The van der Waals surface area contributed by atoms with Crippen LogP contribution in [0.25, 0.3) is 11.0 Å². The molecule has 6 heteroatoms. The Bertz CT molecular complexity index is 915. The number of aromatic nitrogens is 2. The predicted molar refractivity (Wildman–Crippen MR) is 85.7 cm³/mol. The summed E-state index contributed by atoms with van der Waals surface area (Å²) < 4.78 is 1.62. The highest BCUT2D eigenvalue weighted by Gasteiger charge is 2.34. The first-order valence-electron chi connectivity index (χ1n) is 6.88. The third-order valence-electron chi connectivity index (χ3n) is 3.46. The van der Waals surface area contributed by atoms with E-state index in [0.717, 1.165) is 22.3 Å². The van der Waals surface area contributed by atoms with E-state index in [1.165, 1.54) is 11.8 Å². The van der Waals surface area contributed by atoms with Gasteiger partial charge in [0.1, 0.15) is 0 Å². The zero-order valence-electron chi connectivity index (χ0n) is 11.8. The molecule has 1 atom stereocenters. The van der Waals surface area contributed by atoms with Crippen molar-refractivity contribution < 1.29 is 4.79 Å². The molecule has 0 saturated heterocycles. The van der Waals surface area contributed by atoms with Gasteiger partial charge in [-0.25, -0.2) is 4.98 Å². The van der Waals surface area contributed by atoms with Gasteiger partial charge in [-0.05, 0) is 48.5 Å². The fraction of sp³-hybridized carbons (Fsp3) is 0.125. The molecule has 0 N–H and O–H groups in total. The third kappa shape index (κ3) is 2.12. The van der Waals surface area contributed by atoms with E-state index in [2.05, 4.69) is 15.2 Å². The van der Waals surface area contributed by atoms with Crippen LogP contribution in [0.2, 0.25) is 0 Å². The summed E-state index contributed by atoms with van der Waals surface area (Å²) in [6, 6.07) is 15.3. The molecule has 22 heavy (non-hydrogen) atoms. The fourth-order valence-electron chi connectivity index (χ4n) is 2.44. The van der Waals surface area contributed by atoms with Gasteiger partial charge >= 0.3 is 0 Å². The van der Waals surface area contributed by atoms with Crippen LogP contribution in [0.1, 0.15) is 10.4 Å². The van der Waals surface area contributed by atoms with Crippen LogP contribution >= 0.6 is 11.8 Å². The molecule has 0 fully saturated rings. The second kappa shape index (κ2) is 5.06. The molecule has 1 unspecified atom stereocenters. The SMILES string of the molecule is Cc1cccc(N=NC2Sc3nc4ccccc4n3C2=O)c1. The summed E-state index contributed by atoms with van der Waals surface area (Å²) in [5.74, 6) is -0.0925. The lowest BCUT2D eigenvalue weighted by atomic mass is 10.2. The molecule has 0 bridgehead atoms. The number of thioether (sulfide) groups is 1. The zero-order valence-corrected chi connectivity index (χ0v) is 12.6. The van der Waals surface area contributed by atoms with E-state index in [1.807, 2.05) is 55.5 Å². The number of hydrogen-bond donors (Lipinski definition) is 0. The monoisotopic (exact) mass is 308 g/mol. The minimum atomic E-state index is -0.562. The lowest BCUT2D eigenvalue weighted by Gasteiger charge is -2.00. The number of benzene rings is 2. The molecule has 0 aliphatic carbocycles. The van der Waals surface area contributed by atoms with Crippen LogP contribution in [-0.4, -0.2) is 20.8 Å². The number of carbonyl (C=O) groups excluding carboxylic acids is 1. The van der Waals surface area contributed by atoms with E-state index in [4.69, 9.17) is 0 Å². The van der Waals surface area contributed by atoms with Crippen molar-refractivity contribution in [3.8, 4) is 0 Å². The summed E-state index contributed by atoms with van der Waals surface area (Å²) >= 11 is 1.34. The first-order chi connectivity index (χ1) is 10.7. The minimum absolute atomic E-state index is 0.0925. The molecule has 5 nitrogen and oxygen atoms in total. The first-order valence-corrected chi connectivity index (χ1v) is 7.76. The summed E-state index contributed by atoms with van der Waals surface area (Å²) in [5.41, 5.74) is 3.51. The topological polar surface area (TPSA) is 59.6 Å². The smallest absolute Gasteiger partial charge is 0.270 e. The first kappa shape index (κ1) is 13.2. The van der Waals surface area contributed by atoms with Crippen LogP contribution in [0.3, 0.4) is 0 Å². The zero-order chi connectivity index (χ0) is 15.1. The second-order valence-corrected chi connectivity index (χ2v) is 6.13. The molecule has 1 aliphatic rings. The van der Waals surface area contributed by atoms with Gasteiger partial charge in [-0.3, -0.25) is 9.36 Å². The van der Waals surface area contributed by atoms with E-state index in [0.29, 0.717) is 5.16 Å². The van der Waals surface area contributed by atoms with Crippen LogP contribution in [0, 0.1) is 6.92 Å². The molecule has 1 aliphatic heterocycles. The van der Waals surface area contributed by atoms with Gasteiger partial charge in [-0.15, -0.1) is 0 Å². The summed E-state index contributed by atoms with van der Waals surface area (Å²) in [7, 11) is 0. The maximum atomic E-state index is 12.5. The number of para-hydroxylation sites is 2. The maximum absolute atomic E-state index is 12.5. The Hall–Kier alpha value is -2.47. The van der Waals surface area contributed by atoms with Crippen molar-refractivity contribution in [1.29, 1.82) is 0 Å². The number of azo groups is 1. The molecular weight excluding hydrogens is 296 g/mol. The number of imidazole rings is 1. The average molecular weight is 308 g/mol. The van der Waals surface area contributed by atoms with Crippen LogP contribution in [-0.2, 0) is 0 Å². The molecule has 2 aromatic carbocycles. The Balaban J connectivity index is 1.65. The van der Waals surface area contributed by atoms with Crippen molar-refractivity contribution in [2.45, 2.75) is 17.5 Å². The van der Waals surface area contributed by atoms with E-state index in [9.17, 15) is 4.79 Å². The standard InChI is InChI=1S/C16H12N4OS/c1-10-5-4-6-11(9-10)18-19-14-15(21)20-13-8-3-2-7-12(13)17-16(20)22-14/h2-9,14H,1H3. The number of hydrogen-bond acceptors (Lipinski definition) is 5. The number of rotatable bonds is 2. The Kier molecular flexibility index (Phi) is 3.04. The highest BCUT2D eigenvalue weighted by molar-refractivity contribution is 8.00. The summed E-state index contributed by atoms with van der Waals surface area (Å²) in [6.45, 7) is 2.00. The second-order valence-electron chi connectivity index (χ2n) is 5.08. The molecule has 108 valence electrons. The number of nitrogens with zero attached hydrogens (tertiary/aromatic N) is 4. The Labute approximate surface area is 131 Å². The van der Waals surface area contributed by atoms with E-state index in [-0.39, 0.29) is 5.91 Å². The Morgan fingerprint density at radius 2 is 2.05 bits per heavy atom. The quantitative estimate of drug-likeness (QED) is 0.667. The van der Waals surface area contributed by atoms with Gasteiger partial charge in [0, 0.05) is 0 Å². The molecular formula is C16H12N4OS. The largest absolute Gasteiger partial charge is 0.270 e. The molecule has 1 aromatic heterocycles. The molecule has 0 spiro atoms. The van der Waals surface area contributed by atoms with Crippen LogP contribution in [0.4, 0.5) is 5.69 Å². The van der Waals surface area contributed by atoms with Crippen molar-refractivity contribution in [3.05, 3.63) is 54.1 Å². The third-order valence-corrected chi connectivity index (χ3v) is 4.46. The van der Waals surface area contributed by atoms with Gasteiger partial charge in [0.05, 0.1) is 16.7 Å². The predicted octanol–water partition coefficient (Wildman–Crippen LogP) is 4.20. The molecule has 2 heterocycles. The Morgan fingerprint density at radius 3 is 2.91 bits per heavy atom. The van der Waals surface area contributed by atoms with Gasteiger partial charge in [0.15, 0.2) is 5.16 Å². The van der Waals surface area contributed by atoms with Gasteiger partial charge in [-0.2, -0.15) is 10.2 Å². The van der Waals surface area contributed by atoms with Gasteiger partial charge in [0.25, 0.3) is 5.91 Å². The van der Waals surface area contributed by atoms with Crippen LogP contribution in [0.15, 0.2) is 63.9 Å².